The third-order valence-electron chi connectivity index (χ3n) is 3.95. The molecule has 0 unspecified atom stereocenters. The molecule has 0 aliphatic carbocycles. The fourth-order valence-corrected chi connectivity index (χ4v) is 2.76. The molecule has 0 N–H and O–H groups in total. The van der Waals surface area contributed by atoms with Gasteiger partial charge in [-0.1, -0.05) is 48.5 Å². The number of nitrogens with zero attached hydrogens (tertiary/aromatic N) is 8. The van der Waals surface area contributed by atoms with Crippen LogP contribution in [0.3, 0.4) is 0 Å². The lowest BCUT2D eigenvalue weighted by Crippen LogP contribution is -2.12. The van der Waals surface area contributed by atoms with Crippen LogP contribution in [0.5, 0.6) is 0 Å². The minimum absolute atomic E-state index is 0.334. The summed E-state index contributed by atoms with van der Waals surface area (Å²) >= 11 is 0. The molecule has 2 aromatic carbocycles. The summed E-state index contributed by atoms with van der Waals surface area (Å²) in [7, 11) is 0. The first-order chi connectivity index (χ1) is 12.2. The van der Waals surface area contributed by atoms with E-state index in [0.717, 1.165) is 22.4 Å². The molecule has 2 aromatic heterocycles. The molecule has 4 rings (SSSR count). The standard InChI is InChI=1S/C17H16N8/c1-12-7-6-8-13(2)16(12)25-15(18-21-23-25)11-24-20-17(19-22-24)14-9-4-3-5-10-14/h3-10H,11H2,1-2H3. The molecule has 0 amide bonds. The SMILES string of the molecule is Cc1cccc(C)c1-n1nnnc1Cn1nnc(-c2ccccc2)n1. The van der Waals surface area contributed by atoms with E-state index < -0.39 is 0 Å². The van der Waals surface area contributed by atoms with Crippen LogP contribution in [0.4, 0.5) is 0 Å². The van der Waals surface area contributed by atoms with Gasteiger partial charge in [0, 0.05) is 5.56 Å². The van der Waals surface area contributed by atoms with Gasteiger partial charge < -0.3 is 0 Å². The summed E-state index contributed by atoms with van der Waals surface area (Å²) in [5, 5.41) is 24.7. The summed E-state index contributed by atoms with van der Waals surface area (Å²) in [6, 6.07) is 15.8. The minimum Gasteiger partial charge on any atom is -0.195 e. The van der Waals surface area contributed by atoms with Gasteiger partial charge in [-0.25, -0.2) is 0 Å². The second kappa shape index (κ2) is 6.23. The van der Waals surface area contributed by atoms with Crippen molar-refractivity contribution in [1.29, 1.82) is 0 Å². The second-order valence-electron chi connectivity index (χ2n) is 5.76. The number of tetrazole rings is 2. The van der Waals surface area contributed by atoms with Gasteiger partial charge in [0.2, 0.25) is 5.82 Å². The highest BCUT2D eigenvalue weighted by Crippen LogP contribution is 2.19. The van der Waals surface area contributed by atoms with Gasteiger partial charge in [0.25, 0.3) is 0 Å². The first-order valence-electron chi connectivity index (χ1n) is 7.89. The fourth-order valence-electron chi connectivity index (χ4n) is 2.76. The van der Waals surface area contributed by atoms with E-state index in [1.165, 1.54) is 4.80 Å². The average molecular weight is 332 g/mol. The smallest absolute Gasteiger partial charge is 0.195 e. The van der Waals surface area contributed by atoms with Crippen molar-refractivity contribution < 1.29 is 0 Å². The van der Waals surface area contributed by atoms with Gasteiger partial charge in [-0.2, -0.15) is 9.48 Å². The van der Waals surface area contributed by atoms with Crippen molar-refractivity contribution in [2.45, 2.75) is 20.4 Å². The number of hydrogen-bond acceptors (Lipinski definition) is 6. The predicted molar refractivity (Wildman–Crippen MR) is 91.0 cm³/mol. The van der Waals surface area contributed by atoms with Gasteiger partial charge >= 0.3 is 0 Å². The van der Waals surface area contributed by atoms with Crippen LogP contribution in [-0.4, -0.2) is 40.4 Å². The van der Waals surface area contributed by atoms with Crippen LogP contribution in [0.25, 0.3) is 17.1 Å². The summed E-state index contributed by atoms with van der Waals surface area (Å²) < 4.78 is 1.73. The topological polar surface area (TPSA) is 87.2 Å². The Hall–Kier alpha value is -3.42. The fraction of sp³-hybridized carbons (Fsp3) is 0.176. The molecule has 0 saturated carbocycles. The van der Waals surface area contributed by atoms with Crippen LogP contribution in [0, 0.1) is 13.8 Å². The van der Waals surface area contributed by atoms with Gasteiger partial charge in [-0.05, 0) is 40.6 Å². The van der Waals surface area contributed by atoms with E-state index in [1.54, 1.807) is 4.68 Å². The molecule has 0 atom stereocenters. The van der Waals surface area contributed by atoms with Crippen LogP contribution in [0.15, 0.2) is 48.5 Å². The molecule has 0 radical (unpaired) electrons. The van der Waals surface area contributed by atoms with E-state index in [0.29, 0.717) is 18.2 Å². The third-order valence-corrected chi connectivity index (χ3v) is 3.95. The molecule has 0 spiro atoms. The predicted octanol–water partition coefficient (Wildman–Crippen LogP) is 1.98. The number of rotatable bonds is 4. The molecule has 25 heavy (non-hydrogen) atoms. The number of para-hydroxylation sites is 1. The van der Waals surface area contributed by atoms with Crippen LogP contribution < -0.4 is 0 Å². The van der Waals surface area contributed by atoms with Crippen molar-refractivity contribution in [2.24, 2.45) is 0 Å². The van der Waals surface area contributed by atoms with Gasteiger partial charge in [-0.3, -0.25) is 0 Å². The Bertz CT molecular complexity index is 982. The van der Waals surface area contributed by atoms with Crippen LogP contribution >= 0.6 is 0 Å². The zero-order valence-corrected chi connectivity index (χ0v) is 13.9. The van der Waals surface area contributed by atoms with Crippen molar-refractivity contribution in [3.63, 3.8) is 0 Å². The zero-order valence-electron chi connectivity index (χ0n) is 13.9. The lowest BCUT2D eigenvalue weighted by atomic mass is 10.1. The highest BCUT2D eigenvalue weighted by molar-refractivity contribution is 5.53. The van der Waals surface area contributed by atoms with Gasteiger partial charge in [0.15, 0.2) is 5.82 Å². The molecule has 0 aliphatic heterocycles. The summed E-state index contributed by atoms with van der Waals surface area (Å²) in [6.45, 7) is 4.41. The summed E-state index contributed by atoms with van der Waals surface area (Å²) in [5.41, 5.74) is 4.10. The van der Waals surface area contributed by atoms with Gasteiger partial charge in [0.1, 0.15) is 6.54 Å². The van der Waals surface area contributed by atoms with Crippen molar-refractivity contribution in [3.8, 4) is 17.1 Å². The molecule has 2 heterocycles. The molecule has 0 bridgehead atoms. The van der Waals surface area contributed by atoms with Gasteiger partial charge in [-0.15, -0.1) is 15.3 Å². The molecule has 8 nitrogen and oxygen atoms in total. The van der Waals surface area contributed by atoms with Gasteiger partial charge in [0.05, 0.1) is 5.69 Å². The summed E-state index contributed by atoms with van der Waals surface area (Å²) in [5.74, 6) is 1.22. The Morgan fingerprint density at radius 3 is 2.36 bits per heavy atom. The maximum absolute atomic E-state index is 4.42. The van der Waals surface area contributed by atoms with E-state index in [4.69, 9.17) is 0 Å². The molecule has 0 saturated heterocycles. The Morgan fingerprint density at radius 2 is 1.60 bits per heavy atom. The van der Waals surface area contributed by atoms with Crippen molar-refractivity contribution in [3.05, 3.63) is 65.5 Å². The highest BCUT2D eigenvalue weighted by Gasteiger charge is 2.15. The Labute approximate surface area is 144 Å². The molecule has 0 fully saturated rings. The molecule has 0 aliphatic rings. The molecule has 8 heteroatoms. The van der Waals surface area contributed by atoms with E-state index in [-0.39, 0.29) is 0 Å². The molecule has 124 valence electrons. The maximum Gasteiger partial charge on any atom is 0.204 e. The Kier molecular flexibility index (Phi) is 3.77. The minimum atomic E-state index is 0.334. The molecular weight excluding hydrogens is 316 g/mol. The Balaban J connectivity index is 1.66. The lowest BCUT2D eigenvalue weighted by molar-refractivity contribution is 0.544. The normalized spacial score (nSPS) is 11.0. The number of aryl methyl sites for hydroxylation is 2. The summed E-state index contributed by atoms with van der Waals surface area (Å²) in [6.07, 6.45) is 0. The summed E-state index contributed by atoms with van der Waals surface area (Å²) in [4.78, 5) is 1.50. The average Bonchev–Trinajstić information content (AvgIpc) is 3.26. The van der Waals surface area contributed by atoms with Crippen molar-refractivity contribution in [1.82, 2.24) is 40.4 Å². The Morgan fingerprint density at radius 1 is 0.840 bits per heavy atom. The zero-order chi connectivity index (χ0) is 17.2. The van der Waals surface area contributed by atoms with Crippen molar-refractivity contribution >= 4 is 0 Å². The number of aromatic nitrogens is 8. The van der Waals surface area contributed by atoms with Crippen LogP contribution in [-0.2, 0) is 6.54 Å². The number of hydrogen-bond donors (Lipinski definition) is 0. The van der Waals surface area contributed by atoms with E-state index in [2.05, 4.69) is 30.9 Å². The first-order valence-corrected chi connectivity index (χ1v) is 7.89. The first kappa shape index (κ1) is 15.1. The second-order valence-corrected chi connectivity index (χ2v) is 5.76. The lowest BCUT2D eigenvalue weighted by Gasteiger charge is -2.10. The third kappa shape index (κ3) is 2.89. The maximum atomic E-state index is 4.42. The number of benzene rings is 2. The largest absolute Gasteiger partial charge is 0.204 e. The van der Waals surface area contributed by atoms with Crippen LogP contribution in [0.1, 0.15) is 17.0 Å². The van der Waals surface area contributed by atoms with E-state index >= 15 is 0 Å². The van der Waals surface area contributed by atoms with Crippen molar-refractivity contribution in [2.75, 3.05) is 0 Å². The molecule has 4 aromatic rings. The molecular formula is C17H16N8. The highest BCUT2D eigenvalue weighted by atomic mass is 15.6. The monoisotopic (exact) mass is 332 g/mol. The van der Waals surface area contributed by atoms with Crippen LogP contribution in [0.2, 0.25) is 0 Å². The quantitative estimate of drug-likeness (QED) is 0.568. The van der Waals surface area contributed by atoms with E-state index in [9.17, 15) is 0 Å². The van der Waals surface area contributed by atoms with E-state index in [1.807, 2.05) is 62.4 Å².